The van der Waals surface area contributed by atoms with Crippen molar-refractivity contribution in [2.75, 3.05) is 6.54 Å². The first-order valence-corrected chi connectivity index (χ1v) is 12.1. The van der Waals surface area contributed by atoms with Crippen LogP contribution in [0, 0.1) is 12.3 Å². The highest BCUT2D eigenvalue weighted by Crippen LogP contribution is 2.35. The van der Waals surface area contributed by atoms with Crippen molar-refractivity contribution in [3.05, 3.63) is 58.4 Å². The fourth-order valence-corrected chi connectivity index (χ4v) is 6.77. The standard InChI is InChI=1S/C20H20ClN5O3S2/c1-11-14-9-13(21)2-3-17(14)30-20(11)31(28,29)25-15-5-7-26(19(15)27)10-12-4-6-24-16(8-12)18(22)23/h2-4,6,8-9,15,25H,5,7,10H2,1H3,(H3,22,23)/t15-/m0/s1. The zero-order valence-electron chi connectivity index (χ0n) is 16.6. The third kappa shape index (κ3) is 4.29. The largest absolute Gasteiger partial charge is 0.382 e. The van der Waals surface area contributed by atoms with Gasteiger partial charge in [0, 0.05) is 29.0 Å². The molecule has 1 atom stereocenters. The first-order chi connectivity index (χ1) is 14.7. The van der Waals surface area contributed by atoms with E-state index in [9.17, 15) is 13.2 Å². The van der Waals surface area contributed by atoms with Crippen LogP contribution < -0.4 is 10.5 Å². The number of carbonyl (C=O) groups excluding carboxylic acids is 1. The zero-order valence-corrected chi connectivity index (χ0v) is 18.9. The molecule has 1 fully saturated rings. The molecule has 1 aliphatic rings. The van der Waals surface area contributed by atoms with Crippen LogP contribution in [0.1, 0.15) is 23.2 Å². The molecule has 3 aromatic rings. The second kappa shape index (κ2) is 8.19. The Morgan fingerprint density at radius 3 is 2.90 bits per heavy atom. The molecule has 0 radical (unpaired) electrons. The molecule has 31 heavy (non-hydrogen) atoms. The minimum absolute atomic E-state index is 0.153. The molecule has 0 bridgehead atoms. The number of nitrogens with two attached hydrogens (primary N) is 1. The van der Waals surface area contributed by atoms with Gasteiger partial charge in [-0.2, -0.15) is 4.72 Å². The van der Waals surface area contributed by atoms with Crippen molar-refractivity contribution < 1.29 is 13.2 Å². The van der Waals surface area contributed by atoms with Crippen LogP contribution in [0.5, 0.6) is 0 Å². The first-order valence-electron chi connectivity index (χ1n) is 9.45. The Labute approximate surface area is 188 Å². The van der Waals surface area contributed by atoms with E-state index >= 15 is 0 Å². The highest BCUT2D eigenvalue weighted by Gasteiger charge is 2.36. The topological polar surface area (TPSA) is 129 Å². The third-order valence-corrected chi connectivity index (χ3v) is 8.77. The van der Waals surface area contributed by atoms with Crippen molar-refractivity contribution in [1.82, 2.24) is 14.6 Å². The van der Waals surface area contributed by atoms with Gasteiger partial charge in [0.15, 0.2) is 0 Å². The molecule has 8 nitrogen and oxygen atoms in total. The molecular weight excluding hydrogens is 458 g/mol. The molecule has 0 unspecified atom stereocenters. The van der Waals surface area contributed by atoms with E-state index in [1.54, 1.807) is 42.2 Å². The summed E-state index contributed by atoms with van der Waals surface area (Å²) >= 11 is 7.21. The number of thiophene rings is 1. The number of pyridine rings is 1. The number of sulfonamides is 1. The van der Waals surface area contributed by atoms with Gasteiger partial charge in [-0.3, -0.25) is 15.2 Å². The average molecular weight is 478 g/mol. The molecule has 2 aromatic heterocycles. The summed E-state index contributed by atoms with van der Waals surface area (Å²) in [6.45, 7) is 2.45. The molecule has 0 spiro atoms. The highest BCUT2D eigenvalue weighted by molar-refractivity contribution is 7.91. The molecule has 0 saturated carbocycles. The molecule has 4 rings (SSSR count). The number of likely N-dealkylation sites (tertiary alicyclic amines) is 1. The van der Waals surface area contributed by atoms with Crippen LogP contribution in [-0.4, -0.2) is 42.6 Å². The summed E-state index contributed by atoms with van der Waals surface area (Å²) in [6, 6.07) is 7.82. The number of halogens is 1. The van der Waals surface area contributed by atoms with Gasteiger partial charge in [-0.15, -0.1) is 11.3 Å². The van der Waals surface area contributed by atoms with Crippen LogP contribution in [-0.2, 0) is 21.4 Å². The van der Waals surface area contributed by atoms with Gasteiger partial charge in [0.1, 0.15) is 21.8 Å². The SMILES string of the molecule is Cc1c(S(=O)(=O)N[C@H]2CCN(Cc3ccnc(C(=N)N)c3)C2=O)sc2ccc(Cl)cc12. The molecule has 162 valence electrons. The minimum atomic E-state index is -3.87. The van der Waals surface area contributed by atoms with E-state index in [2.05, 4.69) is 9.71 Å². The second-order valence-corrected chi connectivity index (χ2v) is 10.7. The van der Waals surface area contributed by atoms with Gasteiger partial charge in [0.2, 0.25) is 5.91 Å². The number of aromatic nitrogens is 1. The lowest BCUT2D eigenvalue weighted by molar-refractivity contribution is -0.129. The Kier molecular flexibility index (Phi) is 5.73. The van der Waals surface area contributed by atoms with E-state index in [1.165, 1.54) is 6.20 Å². The van der Waals surface area contributed by atoms with Crippen molar-refractivity contribution in [2.45, 2.75) is 30.1 Å². The number of hydrogen-bond acceptors (Lipinski definition) is 6. The Hall–Kier alpha value is -2.53. The van der Waals surface area contributed by atoms with Gasteiger partial charge in [-0.25, -0.2) is 8.42 Å². The van der Waals surface area contributed by atoms with Gasteiger partial charge < -0.3 is 10.6 Å². The number of nitrogens with zero attached hydrogens (tertiary/aromatic N) is 2. The van der Waals surface area contributed by atoms with Crippen molar-refractivity contribution in [3.8, 4) is 0 Å². The Morgan fingerprint density at radius 2 is 2.16 bits per heavy atom. The smallest absolute Gasteiger partial charge is 0.251 e. The number of nitrogen functional groups attached to an aromatic ring is 1. The maximum atomic E-state index is 13.0. The molecule has 1 aromatic carbocycles. The molecular formula is C20H20ClN5O3S2. The van der Waals surface area contributed by atoms with Gasteiger partial charge in [-0.05, 0) is 60.2 Å². The maximum Gasteiger partial charge on any atom is 0.251 e. The maximum absolute atomic E-state index is 13.0. The summed E-state index contributed by atoms with van der Waals surface area (Å²) in [5.74, 6) is -0.438. The van der Waals surface area contributed by atoms with Gasteiger partial charge >= 0.3 is 0 Å². The lowest BCUT2D eigenvalue weighted by atomic mass is 10.2. The van der Waals surface area contributed by atoms with Gasteiger partial charge in [0.25, 0.3) is 10.0 Å². The number of amides is 1. The summed E-state index contributed by atoms with van der Waals surface area (Å²) in [5, 5.41) is 8.82. The minimum Gasteiger partial charge on any atom is -0.382 e. The Bertz CT molecular complexity index is 1310. The molecule has 11 heteroatoms. The zero-order chi connectivity index (χ0) is 22.3. The lowest BCUT2D eigenvalue weighted by Gasteiger charge is -2.17. The summed E-state index contributed by atoms with van der Waals surface area (Å²) in [7, 11) is -3.87. The average Bonchev–Trinajstić information content (AvgIpc) is 3.23. The summed E-state index contributed by atoms with van der Waals surface area (Å²) < 4.78 is 29.7. The number of carbonyl (C=O) groups is 1. The molecule has 1 saturated heterocycles. The summed E-state index contributed by atoms with van der Waals surface area (Å²) in [4.78, 5) is 18.4. The molecule has 1 amide bonds. The third-order valence-electron chi connectivity index (χ3n) is 5.17. The quantitative estimate of drug-likeness (QED) is 0.371. The van der Waals surface area contributed by atoms with E-state index in [-0.39, 0.29) is 16.0 Å². The molecule has 4 N–H and O–H groups in total. The number of hydrogen-bond donors (Lipinski definition) is 3. The predicted octanol–water partition coefficient (Wildman–Crippen LogP) is 2.62. The van der Waals surface area contributed by atoms with Crippen LogP contribution in [0.2, 0.25) is 5.02 Å². The fraction of sp³-hybridized carbons (Fsp3) is 0.250. The number of rotatable bonds is 6. The van der Waals surface area contributed by atoms with Crippen molar-refractivity contribution in [2.24, 2.45) is 5.73 Å². The normalized spacial score (nSPS) is 16.9. The Morgan fingerprint density at radius 1 is 1.39 bits per heavy atom. The highest BCUT2D eigenvalue weighted by atomic mass is 35.5. The molecule has 3 heterocycles. The Balaban J connectivity index is 1.51. The lowest BCUT2D eigenvalue weighted by Crippen LogP contribution is -2.41. The van der Waals surface area contributed by atoms with Crippen molar-refractivity contribution in [1.29, 1.82) is 5.41 Å². The number of fused-ring (bicyclic) bond motifs is 1. The van der Waals surface area contributed by atoms with Crippen LogP contribution in [0.15, 0.2) is 40.7 Å². The fourth-order valence-electron chi connectivity index (χ4n) is 3.61. The number of benzene rings is 1. The van der Waals surface area contributed by atoms with Crippen LogP contribution in [0.25, 0.3) is 10.1 Å². The number of amidine groups is 1. The van der Waals surface area contributed by atoms with Crippen LogP contribution in [0.4, 0.5) is 0 Å². The van der Waals surface area contributed by atoms with E-state index in [0.29, 0.717) is 35.8 Å². The van der Waals surface area contributed by atoms with Gasteiger partial charge in [0.05, 0.1) is 0 Å². The van der Waals surface area contributed by atoms with Crippen molar-refractivity contribution in [3.63, 3.8) is 0 Å². The molecule has 0 aliphatic carbocycles. The molecule has 1 aliphatic heterocycles. The number of nitrogens with one attached hydrogen (secondary N) is 2. The van der Waals surface area contributed by atoms with E-state index in [4.69, 9.17) is 22.7 Å². The van der Waals surface area contributed by atoms with Crippen LogP contribution in [0.3, 0.4) is 0 Å². The summed E-state index contributed by atoms with van der Waals surface area (Å²) in [5.41, 5.74) is 7.19. The number of aryl methyl sites for hydroxylation is 1. The van der Waals surface area contributed by atoms with Gasteiger partial charge in [-0.1, -0.05) is 11.6 Å². The van der Waals surface area contributed by atoms with E-state index in [1.807, 2.05) is 0 Å². The summed E-state index contributed by atoms with van der Waals surface area (Å²) in [6.07, 6.45) is 1.90. The van der Waals surface area contributed by atoms with E-state index in [0.717, 1.165) is 27.0 Å². The first kappa shape index (κ1) is 21.7. The van der Waals surface area contributed by atoms with Crippen LogP contribution >= 0.6 is 22.9 Å². The second-order valence-electron chi connectivity index (χ2n) is 7.34. The monoisotopic (exact) mass is 477 g/mol. The predicted molar refractivity (Wildman–Crippen MR) is 121 cm³/mol. The van der Waals surface area contributed by atoms with E-state index < -0.39 is 16.1 Å². The van der Waals surface area contributed by atoms with Crippen molar-refractivity contribution >= 4 is 54.8 Å².